The highest BCUT2D eigenvalue weighted by Gasteiger charge is 2.30. The first-order valence-corrected chi connectivity index (χ1v) is 7.59. The molecule has 2 saturated heterocycles. The molecule has 2 rings (SSSR count). The van der Waals surface area contributed by atoms with Gasteiger partial charge in [-0.15, -0.1) is 12.4 Å². The van der Waals surface area contributed by atoms with E-state index in [1.807, 2.05) is 0 Å². The maximum atomic E-state index is 12.1. The molecule has 2 N–H and O–H groups in total. The molecular formula is C10H22ClN3O3S. The molecular weight excluding hydrogens is 278 g/mol. The number of morpholine rings is 1. The molecule has 108 valence electrons. The van der Waals surface area contributed by atoms with Crippen LogP contribution in [0.4, 0.5) is 0 Å². The second-order valence-electron chi connectivity index (χ2n) is 4.71. The lowest BCUT2D eigenvalue weighted by atomic mass is 9.96. The molecule has 0 aromatic rings. The monoisotopic (exact) mass is 299 g/mol. The van der Waals surface area contributed by atoms with E-state index in [4.69, 9.17) is 4.74 Å². The standard InChI is InChI=1S/C10H21N3O3S.ClH/c1-9-2-3-11-8-10(9)12-17(14,15)13-4-6-16-7-5-13;/h9-12H,2-8H2,1H3;1H. The third-order valence-electron chi connectivity index (χ3n) is 3.44. The van der Waals surface area contributed by atoms with E-state index in [-0.39, 0.29) is 18.4 Å². The molecule has 2 heterocycles. The van der Waals surface area contributed by atoms with Gasteiger partial charge in [0, 0.05) is 25.7 Å². The van der Waals surface area contributed by atoms with Gasteiger partial charge in [0.1, 0.15) is 0 Å². The average molecular weight is 300 g/mol. The highest BCUT2D eigenvalue weighted by molar-refractivity contribution is 7.87. The van der Waals surface area contributed by atoms with Gasteiger partial charge in [0.05, 0.1) is 13.2 Å². The van der Waals surface area contributed by atoms with Gasteiger partial charge >= 0.3 is 0 Å². The largest absolute Gasteiger partial charge is 0.379 e. The van der Waals surface area contributed by atoms with Crippen molar-refractivity contribution in [2.75, 3.05) is 39.4 Å². The minimum atomic E-state index is -3.35. The van der Waals surface area contributed by atoms with E-state index in [0.29, 0.717) is 38.8 Å². The Morgan fingerprint density at radius 1 is 1.33 bits per heavy atom. The van der Waals surface area contributed by atoms with Crippen molar-refractivity contribution < 1.29 is 13.2 Å². The zero-order valence-electron chi connectivity index (χ0n) is 10.6. The molecule has 0 saturated carbocycles. The van der Waals surface area contributed by atoms with Gasteiger partial charge in [-0.3, -0.25) is 0 Å². The summed E-state index contributed by atoms with van der Waals surface area (Å²) in [5.74, 6) is 0.382. The van der Waals surface area contributed by atoms with Crippen LogP contribution >= 0.6 is 12.4 Å². The van der Waals surface area contributed by atoms with E-state index in [1.54, 1.807) is 0 Å². The zero-order chi connectivity index (χ0) is 12.3. The van der Waals surface area contributed by atoms with E-state index < -0.39 is 10.2 Å². The first kappa shape index (κ1) is 16.1. The van der Waals surface area contributed by atoms with Crippen molar-refractivity contribution >= 4 is 22.6 Å². The Morgan fingerprint density at radius 2 is 2.00 bits per heavy atom. The minimum absolute atomic E-state index is 0. The molecule has 0 amide bonds. The van der Waals surface area contributed by atoms with Crippen molar-refractivity contribution in [2.24, 2.45) is 5.92 Å². The SMILES string of the molecule is CC1CCNCC1NS(=O)(=O)N1CCOCC1.Cl. The summed E-state index contributed by atoms with van der Waals surface area (Å²) in [7, 11) is -3.35. The minimum Gasteiger partial charge on any atom is -0.379 e. The second kappa shape index (κ2) is 7.02. The number of nitrogens with zero attached hydrogens (tertiary/aromatic N) is 1. The number of rotatable bonds is 3. The van der Waals surface area contributed by atoms with Crippen molar-refractivity contribution in [2.45, 2.75) is 19.4 Å². The van der Waals surface area contributed by atoms with Crippen molar-refractivity contribution in [3.8, 4) is 0 Å². The Kier molecular flexibility index (Phi) is 6.29. The molecule has 2 unspecified atom stereocenters. The summed E-state index contributed by atoms with van der Waals surface area (Å²) in [4.78, 5) is 0. The van der Waals surface area contributed by atoms with E-state index in [2.05, 4.69) is 17.0 Å². The van der Waals surface area contributed by atoms with Gasteiger partial charge in [-0.1, -0.05) is 6.92 Å². The van der Waals surface area contributed by atoms with Crippen LogP contribution < -0.4 is 10.0 Å². The van der Waals surface area contributed by atoms with Crippen LogP contribution in [0.2, 0.25) is 0 Å². The van der Waals surface area contributed by atoms with Crippen molar-refractivity contribution in [3.63, 3.8) is 0 Å². The number of halogens is 1. The van der Waals surface area contributed by atoms with Gasteiger partial charge in [0.2, 0.25) is 0 Å². The molecule has 0 aromatic heterocycles. The molecule has 18 heavy (non-hydrogen) atoms. The summed E-state index contributed by atoms with van der Waals surface area (Å²) in [6, 6.07) is -0.00315. The molecule has 2 atom stereocenters. The summed E-state index contributed by atoms with van der Waals surface area (Å²) in [5, 5.41) is 3.22. The third-order valence-corrected chi connectivity index (χ3v) is 5.08. The lowest BCUT2D eigenvalue weighted by Gasteiger charge is -2.33. The van der Waals surface area contributed by atoms with Crippen molar-refractivity contribution in [1.82, 2.24) is 14.3 Å². The Labute approximate surface area is 115 Å². The predicted molar refractivity (Wildman–Crippen MR) is 72.1 cm³/mol. The normalized spacial score (nSPS) is 30.7. The second-order valence-corrected chi connectivity index (χ2v) is 6.41. The lowest BCUT2D eigenvalue weighted by molar-refractivity contribution is 0.0721. The Hall–Kier alpha value is 0.0800. The fourth-order valence-electron chi connectivity index (χ4n) is 2.20. The number of nitrogens with one attached hydrogen (secondary N) is 2. The van der Waals surface area contributed by atoms with Crippen LogP contribution in [0.25, 0.3) is 0 Å². The summed E-state index contributed by atoms with van der Waals surface area (Å²) < 4.78 is 33.7. The first-order valence-electron chi connectivity index (χ1n) is 6.15. The fraction of sp³-hybridized carbons (Fsp3) is 1.00. The van der Waals surface area contributed by atoms with Crippen LogP contribution in [0.15, 0.2) is 0 Å². The number of hydrogen-bond acceptors (Lipinski definition) is 4. The van der Waals surface area contributed by atoms with Crippen LogP contribution in [0, 0.1) is 5.92 Å². The molecule has 2 aliphatic heterocycles. The highest BCUT2D eigenvalue weighted by atomic mass is 35.5. The molecule has 8 heteroatoms. The van der Waals surface area contributed by atoms with Gasteiger partial charge in [-0.05, 0) is 18.9 Å². The fourth-order valence-corrected chi connectivity index (χ4v) is 3.68. The molecule has 0 aliphatic carbocycles. The molecule has 2 aliphatic rings. The number of ether oxygens (including phenoxy) is 1. The van der Waals surface area contributed by atoms with Gasteiger partial charge < -0.3 is 10.1 Å². The predicted octanol–water partition coefficient (Wildman–Crippen LogP) is -0.427. The summed E-state index contributed by atoms with van der Waals surface area (Å²) in [6.45, 7) is 5.64. The molecule has 0 bridgehead atoms. The molecule has 0 radical (unpaired) electrons. The van der Waals surface area contributed by atoms with Gasteiger partial charge in [-0.25, -0.2) is 0 Å². The molecule has 0 aromatic carbocycles. The summed E-state index contributed by atoms with van der Waals surface area (Å²) in [6.07, 6.45) is 1.01. The van der Waals surface area contributed by atoms with Crippen molar-refractivity contribution in [3.05, 3.63) is 0 Å². The maximum Gasteiger partial charge on any atom is 0.279 e. The molecule has 6 nitrogen and oxygen atoms in total. The average Bonchev–Trinajstić information content (AvgIpc) is 2.33. The highest BCUT2D eigenvalue weighted by Crippen LogP contribution is 2.13. The quantitative estimate of drug-likeness (QED) is 0.742. The number of hydrogen-bond donors (Lipinski definition) is 2. The van der Waals surface area contributed by atoms with E-state index in [1.165, 1.54) is 4.31 Å². The van der Waals surface area contributed by atoms with Crippen molar-refractivity contribution in [1.29, 1.82) is 0 Å². The molecule has 0 spiro atoms. The van der Waals surface area contributed by atoms with E-state index in [0.717, 1.165) is 13.0 Å². The Bertz CT molecular complexity index is 346. The van der Waals surface area contributed by atoms with Gasteiger partial charge in [0.25, 0.3) is 10.2 Å². The van der Waals surface area contributed by atoms with Crippen LogP contribution in [0.1, 0.15) is 13.3 Å². The third kappa shape index (κ3) is 4.04. The molecule has 2 fully saturated rings. The van der Waals surface area contributed by atoms with Crippen LogP contribution in [-0.2, 0) is 14.9 Å². The van der Waals surface area contributed by atoms with Gasteiger partial charge in [-0.2, -0.15) is 17.4 Å². The summed E-state index contributed by atoms with van der Waals surface area (Å²) >= 11 is 0. The zero-order valence-corrected chi connectivity index (χ0v) is 12.2. The van der Waals surface area contributed by atoms with Gasteiger partial charge in [0.15, 0.2) is 0 Å². The Morgan fingerprint density at radius 3 is 2.61 bits per heavy atom. The van der Waals surface area contributed by atoms with Crippen LogP contribution in [0.5, 0.6) is 0 Å². The summed E-state index contributed by atoms with van der Waals surface area (Å²) in [5.41, 5.74) is 0. The lowest BCUT2D eigenvalue weighted by Crippen LogP contribution is -2.55. The topological polar surface area (TPSA) is 70.7 Å². The Balaban J connectivity index is 0.00000162. The van der Waals surface area contributed by atoms with E-state index >= 15 is 0 Å². The first-order chi connectivity index (χ1) is 8.09. The maximum absolute atomic E-state index is 12.1. The number of piperidine rings is 1. The smallest absolute Gasteiger partial charge is 0.279 e. The van der Waals surface area contributed by atoms with Crippen LogP contribution in [-0.4, -0.2) is 58.2 Å². The van der Waals surface area contributed by atoms with Crippen LogP contribution in [0.3, 0.4) is 0 Å². The van der Waals surface area contributed by atoms with E-state index in [9.17, 15) is 8.42 Å².